The Hall–Kier alpha value is -2.76. The predicted octanol–water partition coefficient (Wildman–Crippen LogP) is 5.19. The number of nitrogens with one attached hydrogen (secondary N) is 1. The minimum absolute atomic E-state index is 0.455. The van der Waals surface area contributed by atoms with Gasteiger partial charge in [0, 0.05) is 16.3 Å². The van der Waals surface area contributed by atoms with Crippen molar-refractivity contribution in [1.82, 2.24) is 0 Å². The Kier molecular flexibility index (Phi) is 4.87. The van der Waals surface area contributed by atoms with Gasteiger partial charge in [0.1, 0.15) is 12.4 Å². The van der Waals surface area contributed by atoms with Gasteiger partial charge in [-0.25, -0.2) is 8.42 Å². The topological polar surface area (TPSA) is 55.4 Å². The zero-order valence-electron chi connectivity index (χ0n) is 15.1. The molecule has 3 aromatic rings. The first-order valence-corrected chi connectivity index (χ1v) is 11.0. The van der Waals surface area contributed by atoms with E-state index in [0.29, 0.717) is 17.3 Å². The SMILES string of the molecule is CS(=O)(=O)Nc1cccc(/C=C2\c3cc(Cl)ccc3COc3ccccc32)c1. The van der Waals surface area contributed by atoms with Crippen molar-refractivity contribution in [2.24, 2.45) is 0 Å². The molecule has 1 N–H and O–H groups in total. The number of benzene rings is 3. The Morgan fingerprint density at radius 2 is 1.82 bits per heavy atom. The van der Waals surface area contributed by atoms with E-state index in [1.165, 1.54) is 0 Å². The fourth-order valence-electron chi connectivity index (χ4n) is 3.27. The highest BCUT2D eigenvalue weighted by molar-refractivity contribution is 7.92. The van der Waals surface area contributed by atoms with Gasteiger partial charge in [0.05, 0.1) is 6.26 Å². The van der Waals surface area contributed by atoms with Crippen molar-refractivity contribution in [1.29, 1.82) is 0 Å². The van der Waals surface area contributed by atoms with Crippen molar-refractivity contribution >= 4 is 39.0 Å². The van der Waals surface area contributed by atoms with Gasteiger partial charge in [-0.3, -0.25) is 4.72 Å². The van der Waals surface area contributed by atoms with Crippen LogP contribution in [0.5, 0.6) is 5.75 Å². The van der Waals surface area contributed by atoms with E-state index in [1.807, 2.05) is 60.7 Å². The number of fused-ring (bicyclic) bond motifs is 2. The molecule has 1 aliphatic rings. The summed E-state index contributed by atoms with van der Waals surface area (Å²) < 4.78 is 31.6. The van der Waals surface area contributed by atoms with Crippen molar-refractivity contribution in [3.05, 3.63) is 94.0 Å². The fraction of sp³-hybridized carbons (Fsp3) is 0.0909. The molecular formula is C22H18ClNO3S. The van der Waals surface area contributed by atoms with Crippen LogP contribution in [0.3, 0.4) is 0 Å². The zero-order valence-corrected chi connectivity index (χ0v) is 16.7. The number of para-hydroxylation sites is 1. The summed E-state index contributed by atoms with van der Waals surface area (Å²) in [5, 5.41) is 0.650. The first kappa shape index (κ1) is 18.6. The van der Waals surface area contributed by atoms with Crippen LogP contribution in [0.4, 0.5) is 5.69 Å². The molecular weight excluding hydrogens is 394 g/mol. The summed E-state index contributed by atoms with van der Waals surface area (Å²) in [6.45, 7) is 0.455. The molecule has 6 heteroatoms. The van der Waals surface area contributed by atoms with Crippen LogP contribution >= 0.6 is 11.6 Å². The first-order valence-electron chi connectivity index (χ1n) is 8.70. The van der Waals surface area contributed by atoms with E-state index in [4.69, 9.17) is 16.3 Å². The van der Waals surface area contributed by atoms with Crippen molar-refractivity contribution < 1.29 is 13.2 Å². The van der Waals surface area contributed by atoms with Crippen LogP contribution in [0.25, 0.3) is 11.6 Å². The summed E-state index contributed by atoms with van der Waals surface area (Å²) in [5.74, 6) is 0.798. The molecule has 0 fully saturated rings. The molecule has 0 amide bonds. The van der Waals surface area contributed by atoms with Gasteiger partial charge in [0.2, 0.25) is 10.0 Å². The molecule has 0 atom stereocenters. The smallest absolute Gasteiger partial charge is 0.229 e. The fourth-order valence-corrected chi connectivity index (χ4v) is 4.00. The molecule has 4 rings (SSSR count). The lowest BCUT2D eigenvalue weighted by Crippen LogP contribution is -2.09. The maximum absolute atomic E-state index is 11.6. The molecule has 28 heavy (non-hydrogen) atoms. The van der Waals surface area contributed by atoms with Crippen molar-refractivity contribution in [3.63, 3.8) is 0 Å². The molecule has 0 radical (unpaired) electrons. The van der Waals surface area contributed by atoms with Crippen molar-refractivity contribution in [2.75, 3.05) is 11.0 Å². The largest absolute Gasteiger partial charge is 0.488 e. The Morgan fingerprint density at radius 1 is 1.00 bits per heavy atom. The minimum atomic E-state index is -3.34. The minimum Gasteiger partial charge on any atom is -0.488 e. The number of hydrogen-bond acceptors (Lipinski definition) is 3. The van der Waals surface area contributed by atoms with Crippen LogP contribution in [0.15, 0.2) is 66.7 Å². The Morgan fingerprint density at radius 3 is 2.64 bits per heavy atom. The van der Waals surface area contributed by atoms with Gasteiger partial charge in [0.25, 0.3) is 0 Å². The van der Waals surface area contributed by atoms with E-state index in [9.17, 15) is 8.42 Å². The van der Waals surface area contributed by atoms with E-state index in [0.717, 1.165) is 39.8 Å². The van der Waals surface area contributed by atoms with Gasteiger partial charge >= 0.3 is 0 Å². The van der Waals surface area contributed by atoms with E-state index in [2.05, 4.69) is 4.72 Å². The second-order valence-corrected chi connectivity index (χ2v) is 8.83. The molecule has 0 spiro atoms. The van der Waals surface area contributed by atoms with Gasteiger partial charge in [0.15, 0.2) is 0 Å². The highest BCUT2D eigenvalue weighted by Crippen LogP contribution is 2.38. The van der Waals surface area contributed by atoms with Crippen LogP contribution in [-0.4, -0.2) is 14.7 Å². The maximum atomic E-state index is 11.6. The van der Waals surface area contributed by atoms with Gasteiger partial charge < -0.3 is 4.74 Å². The molecule has 0 saturated heterocycles. The van der Waals surface area contributed by atoms with Gasteiger partial charge in [-0.05, 0) is 58.7 Å². The highest BCUT2D eigenvalue weighted by atomic mass is 35.5. The van der Waals surface area contributed by atoms with E-state index in [-0.39, 0.29) is 0 Å². The maximum Gasteiger partial charge on any atom is 0.229 e. The molecule has 0 bridgehead atoms. The molecule has 0 aliphatic carbocycles. The summed E-state index contributed by atoms with van der Waals surface area (Å²) in [5.41, 5.74) is 5.36. The van der Waals surface area contributed by atoms with Gasteiger partial charge in [-0.2, -0.15) is 0 Å². The number of rotatable bonds is 3. The lowest BCUT2D eigenvalue weighted by atomic mass is 9.92. The molecule has 1 aliphatic heterocycles. The number of anilines is 1. The first-order chi connectivity index (χ1) is 13.4. The Labute approximate surface area is 169 Å². The molecule has 3 aromatic carbocycles. The molecule has 0 unspecified atom stereocenters. The number of ether oxygens (including phenoxy) is 1. The van der Waals surface area contributed by atoms with Gasteiger partial charge in [-0.15, -0.1) is 0 Å². The quantitative estimate of drug-likeness (QED) is 0.645. The van der Waals surface area contributed by atoms with Crippen LogP contribution < -0.4 is 9.46 Å². The lowest BCUT2D eigenvalue weighted by molar-refractivity contribution is 0.307. The van der Waals surface area contributed by atoms with E-state index >= 15 is 0 Å². The van der Waals surface area contributed by atoms with Crippen molar-refractivity contribution in [2.45, 2.75) is 6.61 Å². The number of hydrogen-bond donors (Lipinski definition) is 1. The zero-order chi connectivity index (χ0) is 19.7. The molecule has 1 heterocycles. The summed E-state index contributed by atoms with van der Waals surface area (Å²) >= 11 is 6.28. The van der Waals surface area contributed by atoms with Crippen LogP contribution in [0, 0.1) is 0 Å². The predicted molar refractivity (Wildman–Crippen MR) is 114 cm³/mol. The third-order valence-corrected chi connectivity index (χ3v) is 5.26. The third-order valence-electron chi connectivity index (χ3n) is 4.42. The van der Waals surface area contributed by atoms with E-state index in [1.54, 1.807) is 12.1 Å². The second kappa shape index (κ2) is 7.34. The summed E-state index contributed by atoms with van der Waals surface area (Å²) in [7, 11) is -3.34. The third kappa shape index (κ3) is 4.06. The van der Waals surface area contributed by atoms with Crippen molar-refractivity contribution in [3.8, 4) is 5.75 Å². The van der Waals surface area contributed by atoms with Crippen LogP contribution in [0.1, 0.15) is 22.3 Å². The Balaban J connectivity index is 1.89. The monoisotopic (exact) mass is 411 g/mol. The second-order valence-electron chi connectivity index (χ2n) is 6.64. The molecule has 4 nitrogen and oxygen atoms in total. The molecule has 0 saturated carbocycles. The standard InChI is InChI=1S/C22H18ClNO3S/c1-28(25,26)24-18-6-4-5-15(11-18)12-21-19-7-2-3-8-22(19)27-14-16-9-10-17(23)13-20(16)21/h2-13,24H,14H2,1H3/b21-12-. The molecule has 0 aromatic heterocycles. The average Bonchev–Trinajstić information content (AvgIpc) is 2.78. The van der Waals surface area contributed by atoms with E-state index < -0.39 is 10.0 Å². The number of sulfonamides is 1. The summed E-state index contributed by atoms with van der Waals surface area (Å²) in [4.78, 5) is 0. The number of halogens is 1. The summed E-state index contributed by atoms with van der Waals surface area (Å²) in [6, 6.07) is 20.9. The average molecular weight is 412 g/mol. The normalized spacial score (nSPS) is 14.6. The van der Waals surface area contributed by atoms with Crippen LogP contribution in [0.2, 0.25) is 5.02 Å². The van der Waals surface area contributed by atoms with Crippen LogP contribution in [-0.2, 0) is 16.6 Å². The highest BCUT2D eigenvalue weighted by Gasteiger charge is 2.19. The Bertz CT molecular complexity index is 1190. The lowest BCUT2D eigenvalue weighted by Gasteiger charge is -2.12. The summed E-state index contributed by atoms with van der Waals surface area (Å²) in [6.07, 6.45) is 3.16. The molecule has 142 valence electrons. The van der Waals surface area contributed by atoms with Gasteiger partial charge in [-0.1, -0.05) is 48.0 Å².